The lowest BCUT2D eigenvalue weighted by Crippen LogP contribution is -2.30. The van der Waals surface area contributed by atoms with Crippen LogP contribution in [0.2, 0.25) is 0 Å². The van der Waals surface area contributed by atoms with Crippen LogP contribution < -0.4 is 5.32 Å². The molecule has 0 saturated carbocycles. The second-order valence-corrected chi connectivity index (χ2v) is 4.20. The largest absolute Gasteiger partial charge is 0.392 e. The number of halogens is 1. The summed E-state index contributed by atoms with van der Waals surface area (Å²) in [4.78, 5) is 11.5. The molecule has 0 radical (unpaired) electrons. The van der Waals surface area contributed by atoms with Gasteiger partial charge < -0.3 is 10.4 Å². The van der Waals surface area contributed by atoms with Crippen LogP contribution in [-0.2, 0) is 0 Å². The number of hydrogen-bond donors (Lipinski definition) is 2. The first kappa shape index (κ1) is 11.5. The maximum atomic E-state index is 11.5. The lowest BCUT2D eigenvalue weighted by atomic mass is 10.2. The minimum absolute atomic E-state index is 0.143. The normalized spacial score (nSPS) is 12.2. The highest BCUT2D eigenvalue weighted by atomic mass is 127. The van der Waals surface area contributed by atoms with Gasteiger partial charge in [0.1, 0.15) is 0 Å². The molecule has 0 bridgehead atoms. The van der Waals surface area contributed by atoms with Crippen LogP contribution in [0.15, 0.2) is 24.3 Å². The highest BCUT2D eigenvalue weighted by Gasteiger charge is 2.08. The number of rotatable bonds is 3. The third kappa shape index (κ3) is 3.26. The molecule has 1 amide bonds. The number of hydrogen-bond acceptors (Lipinski definition) is 2. The Balaban J connectivity index is 2.65. The van der Waals surface area contributed by atoms with Gasteiger partial charge in [0.05, 0.1) is 11.7 Å². The van der Waals surface area contributed by atoms with Crippen molar-refractivity contribution in [1.82, 2.24) is 5.32 Å². The van der Waals surface area contributed by atoms with Crippen LogP contribution in [-0.4, -0.2) is 23.7 Å². The molecule has 4 heteroatoms. The molecule has 1 aromatic rings. The van der Waals surface area contributed by atoms with E-state index < -0.39 is 6.10 Å². The molecule has 1 aromatic carbocycles. The van der Waals surface area contributed by atoms with Gasteiger partial charge in [0, 0.05) is 10.1 Å². The zero-order valence-electron chi connectivity index (χ0n) is 7.83. The monoisotopic (exact) mass is 305 g/mol. The first-order valence-corrected chi connectivity index (χ1v) is 5.40. The minimum atomic E-state index is -0.514. The first-order valence-electron chi connectivity index (χ1n) is 4.32. The lowest BCUT2D eigenvalue weighted by molar-refractivity contribution is 0.0923. The van der Waals surface area contributed by atoms with E-state index in [1.54, 1.807) is 13.0 Å². The summed E-state index contributed by atoms with van der Waals surface area (Å²) in [6.45, 7) is 1.92. The van der Waals surface area contributed by atoms with Gasteiger partial charge in [0.15, 0.2) is 0 Å². The number of benzene rings is 1. The van der Waals surface area contributed by atoms with Crippen molar-refractivity contribution in [2.75, 3.05) is 6.54 Å². The van der Waals surface area contributed by atoms with Gasteiger partial charge in [-0.05, 0) is 41.6 Å². The molecule has 0 spiro atoms. The van der Waals surface area contributed by atoms with E-state index in [9.17, 15) is 4.79 Å². The fourth-order valence-electron chi connectivity index (χ4n) is 0.981. The molecule has 0 aliphatic carbocycles. The zero-order valence-corrected chi connectivity index (χ0v) is 9.98. The van der Waals surface area contributed by atoms with Crippen LogP contribution in [0.25, 0.3) is 0 Å². The molecule has 2 N–H and O–H groups in total. The van der Waals surface area contributed by atoms with Gasteiger partial charge >= 0.3 is 0 Å². The molecule has 1 unspecified atom stereocenters. The topological polar surface area (TPSA) is 49.3 Å². The smallest absolute Gasteiger partial charge is 0.252 e. The van der Waals surface area contributed by atoms with E-state index >= 15 is 0 Å². The molecule has 14 heavy (non-hydrogen) atoms. The van der Waals surface area contributed by atoms with Crippen molar-refractivity contribution in [3.8, 4) is 0 Å². The van der Waals surface area contributed by atoms with Crippen LogP contribution in [0.3, 0.4) is 0 Å². The summed E-state index contributed by atoms with van der Waals surface area (Å²) >= 11 is 2.11. The molecule has 0 aliphatic heterocycles. The molecule has 0 fully saturated rings. The van der Waals surface area contributed by atoms with Crippen LogP contribution in [0.1, 0.15) is 17.3 Å². The van der Waals surface area contributed by atoms with Crippen LogP contribution in [0, 0.1) is 3.57 Å². The summed E-state index contributed by atoms with van der Waals surface area (Å²) < 4.78 is 0.910. The average molecular weight is 305 g/mol. The molecule has 0 saturated heterocycles. The molecule has 3 nitrogen and oxygen atoms in total. The first-order chi connectivity index (χ1) is 6.61. The average Bonchev–Trinajstić information content (AvgIpc) is 2.15. The van der Waals surface area contributed by atoms with Crippen molar-refractivity contribution in [3.63, 3.8) is 0 Å². The standard InChI is InChI=1S/C10H12INO2/c1-7(13)6-12-10(14)8-4-2-3-5-9(8)11/h2-5,7,13H,6H2,1H3,(H,12,14). The summed E-state index contributed by atoms with van der Waals surface area (Å²) in [6.07, 6.45) is -0.514. The second kappa shape index (κ2) is 5.31. The molecule has 0 aliphatic rings. The third-order valence-corrected chi connectivity index (χ3v) is 2.62. The van der Waals surface area contributed by atoms with E-state index in [1.165, 1.54) is 0 Å². The predicted molar refractivity (Wildman–Crippen MR) is 63.2 cm³/mol. The van der Waals surface area contributed by atoms with Gasteiger partial charge in [-0.15, -0.1) is 0 Å². The fraction of sp³-hybridized carbons (Fsp3) is 0.300. The second-order valence-electron chi connectivity index (χ2n) is 3.04. The summed E-state index contributed by atoms with van der Waals surface area (Å²) in [5, 5.41) is 11.6. The Morgan fingerprint density at radius 2 is 2.21 bits per heavy atom. The third-order valence-electron chi connectivity index (χ3n) is 1.68. The van der Waals surface area contributed by atoms with Crippen molar-refractivity contribution in [1.29, 1.82) is 0 Å². The van der Waals surface area contributed by atoms with Gasteiger partial charge in [0.2, 0.25) is 0 Å². The van der Waals surface area contributed by atoms with E-state index in [2.05, 4.69) is 27.9 Å². The molecule has 1 atom stereocenters. The van der Waals surface area contributed by atoms with Gasteiger partial charge in [-0.2, -0.15) is 0 Å². The number of carbonyl (C=O) groups is 1. The number of aliphatic hydroxyl groups excluding tert-OH is 1. The highest BCUT2D eigenvalue weighted by Crippen LogP contribution is 2.10. The Labute approximate surface area is 96.7 Å². The minimum Gasteiger partial charge on any atom is -0.392 e. The van der Waals surface area contributed by atoms with Gasteiger partial charge in [0.25, 0.3) is 5.91 Å². The molecular formula is C10H12INO2. The van der Waals surface area contributed by atoms with Gasteiger partial charge in [-0.3, -0.25) is 4.79 Å². The Bertz CT molecular complexity index is 326. The molecular weight excluding hydrogens is 293 g/mol. The number of aliphatic hydroxyl groups is 1. The van der Waals surface area contributed by atoms with Crippen LogP contribution in [0.4, 0.5) is 0 Å². The Kier molecular flexibility index (Phi) is 4.34. The quantitative estimate of drug-likeness (QED) is 0.830. The van der Waals surface area contributed by atoms with Crippen molar-refractivity contribution in [2.24, 2.45) is 0 Å². The van der Waals surface area contributed by atoms with E-state index in [4.69, 9.17) is 5.11 Å². The number of carbonyl (C=O) groups excluding carboxylic acids is 1. The maximum Gasteiger partial charge on any atom is 0.252 e. The number of amides is 1. The maximum absolute atomic E-state index is 11.5. The Hall–Kier alpha value is -0.620. The number of nitrogens with one attached hydrogen (secondary N) is 1. The summed E-state index contributed by atoms with van der Waals surface area (Å²) in [5.41, 5.74) is 0.647. The van der Waals surface area contributed by atoms with Crippen LogP contribution in [0.5, 0.6) is 0 Å². The SMILES string of the molecule is CC(O)CNC(=O)c1ccccc1I. The lowest BCUT2D eigenvalue weighted by Gasteiger charge is -2.07. The van der Waals surface area contributed by atoms with E-state index in [-0.39, 0.29) is 12.5 Å². The van der Waals surface area contributed by atoms with Gasteiger partial charge in [-0.1, -0.05) is 12.1 Å². The van der Waals surface area contributed by atoms with Crippen molar-refractivity contribution < 1.29 is 9.90 Å². The van der Waals surface area contributed by atoms with Gasteiger partial charge in [-0.25, -0.2) is 0 Å². The summed E-state index contributed by atoms with van der Waals surface area (Å²) in [5.74, 6) is -0.143. The predicted octanol–water partition coefficient (Wildman–Crippen LogP) is 1.40. The zero-order chi connectivity index (χ0) is 10.6. The molecule has 0 aromatic heterocycles. The van der Waals surface area contributed by atoms with Crippen molar-refractivity contribution in [3.05, 3.63) is 33.4 Å². The van der Waals surface area contributed by atoms with Crippen molar-refractivity contribution in [2.45, 2.75) is 13.0 Å². The Morgan fingerprint density at radius 3 is 2.79 bits per heavy atom. The highest BCUT2D eigenvalue weighted by molar-refractivity contribution is 14.1. The van der Waals surface area contributed by atoms with E-state index in [0.29, 0.717) is 5.56 Å². The van der Waals surface area contributed by atoms with E-state index in [0.717, 1.165) is 3.57 Å². The molecule has 0 heterocycles. The molecule has 76 valence electrons. The summed E-state index contributed by atoms with van der Waals surface area (Å²) in [6, 6.07) is 7.34. The Morgan fingerprint density at radius 1 is 1.57 bits per heavy atom. The molecule has 1 rings (SSSR count). The van der Waals surface area contributed by atoms with Crippen LogP contribution >= 0.6 is 22.6 Å². The van der Waals surface area contributed by atoms with Crippen molar-refractivity contribution >= 4 is 28.5 Å². The fourth-order valence-corrected chi connectivity index (χ4v) is 1.61. The van der Waals surface area contributed by atoms with E-state index in [1.807, 2.05) is 18.2 Å². The summed E-state index contributed by atoms with van der Waals surface area (Å²) in [7, 11) is 0.